The van der Waals surface area contributed by atoms with Gasteiger partial charge in [0, 0.05) is 16.9 Å². The Balaban J connectivity index is 1.86. The van der Waals surface area contributed by atoms with Gasteiger partial charge < -0.3 is 5.32 Å². The number of benzene rings is 1. The van der Waals surface area contributed by atoms with Crippen molar-refractivity contribution in [3.8, 4) is 0 Å². The van der Waals surface area contributed by atoms with E-state index < -0.39 is 0 Å². The molecular weight excluding hydrogens is 331 g/mol. The molecule has 0 spiro atoms. The Hall–Kier alpha value is -1.89. The first kappa shape index (κ1) is 15.5. The Bertz CT molecular complexity index is 663. The molecule has 0 saturated carbocycles. The van der Waals surface area contributed by atoms with Gasteiger partial charge in [-0.05, 0) is 42.5 Å². The van der Waals surface area contributed by atoms with E-state index in [0.717, 1.165) is 0 Å². The monoisotopic (exact) mass is 340 g/mol. The summed E-state index contributed by atoms with van der Waals surface area (Å²) in [6.07, 6.45) is 1.37. The number of hydrogen-bond donors (Lipinski definition) is 3. The highest BCUT2D eigenvalue weighted by molar-refractivity contribution is 7.80. The molecule has 1 heterocycles. The molecule has 0 saturated heterocycles. The summed E-state index contributed by atoms with van der Waals surface area (Å²) in [7, 11) is 0. The predicted molar refractivity (Wildman–Crippen MR) is 87.5 cm³/mol. The molecule has 0 aliphatic heterocycles. The molecule has 8 heteroatoms. The third kappa shape index (κ3) is 4.86. The quantitative estimate of drug-likeness (QED) is 0.445. The zero-order valence-corrected chi connectivity index (χ0v) is 12.9. The lowest BCUT2D eigenvalue weighted by Gasteiger charge is -2.11. The number of carbonyl (C=O) groups is 1. The molecule has 1 aromatic carbocycles. The number of hydrazine groups is 1. The molecule has 0 bridgehead atoms. The number of pyridine rings is 1. The molecule has 0 aliphatic rings. The van der Waals surface area contributed by atoms with Gasteiger partial charge in [0.1, 0.15) is 5.15 Å². The van der Waals surface area contributed by atoms with E-state index in [9.17, 15) is 4.79 Å². The van der Waals surface area contributed by atoms with Gasteiger partial charge >= 0.3 is 0 Å². The first-order chi connectivity index (χ1) is 10.0. The smallest absolute Gasteiger partial charge is 0.271 e. The van der Waals surface area contributed by atoms with Crippen LogP contribution in [-0.2, 0) is 0 Å². The molecular formula is C13H10Cl2N4OS. The van der Waals surface area contributed by atoms with Crippen molar-refractivity contribution in [1.82, 2.24) is 15.8 Å². The van der Waals surface area contributed by atoms with Crippen LogP contribution in [0.25, 0.3) is 0 Å². The number of hydrogen-bond acceptors (Lipinski definition) is 3. The minimum Gasteiger partial charge on any atom is -0.331 e. The largest absolute Gasteiger partial charge is 0.331 e. The van der Waals surface area contributed by atoms with Crippen LogP contribution < -0.4 is 16.2 Å². The molecule has 1 amide bonds. The van der Waals surface area contributed by atoms with E-state index in [4.69, 9.17) is 35.4 Å². The lowest BCUT2D eigenvalue weighted by molar-refractivity contribution is 0.0944. The molecule has 21 heavy (non-hydrogen) atoms. The highest BCUT2D eigenvalue weighted by Crippen LogP contribution is 2.14. The summed E-state index contributed by atoms with van der Waals surface area (Å²) < 4.78 is 0. The van der Waals surface area contributed by atoms with E-state index in [1.165, 1.54) is 12.3 Å². The molecule has 2 rings (SSSR count). The summed E-state index contributed by atoms with van der Waals surface area (Å²) in [6.45, 7) is 0. The van der Waals surface area contributed by atoms with Gasteiger partial charge in [-0.2, -0.15) is 0 Å². The number of aromatic nitrogens is 1. The number of carbonyl (C=O) groups excluding carboxylic acids is 1. The molecule has 108 valence electrons. The normalized spacial score (nSPS) is 9.81. The summed E-state index contributed by atoms with van der Waals surface area (Å²) in [5, 5.41) is 4.01. The average Bonchev–Trinajstić information content (AvgIpc) is 2.45. The second-order valence-electron chi connectivity index (χ2n) is 3.91. The van der Waals surface area contributed by atoms with Gasteiger partial charge in [-0.3, -0.25) is 15.6 Å². The standard InChI is InChI=1S/C13H10Cl2N4OS/c14-9-2-1-3-10(6-9)17-13(21)19-18-12(20)8-4-5-11(15)16-7-8/h1-7H,(H,18,20)(H2,17,19,21). The Kier molecular flexibility index (Phi) is 5.32. The zero-order chi connectivity index (χ0) is 15.2. The van der Waals surface area contributed by atoms with Crippen LogP contribution in [-0.4, -0.2) is 16.0 Å². The topological polar surface area (TPSA) is 66.1 Å². The van der Waals surface area contributed by atoms with Crippen molar-refractivity contribution in [2.24, 2.45) is 0 Å². The maximum Gasteiger partial charge on any atom is 0.271 e. The van der Waals surface area contributed by atoms with E-state index in [-0.39, 0.29) is 11.0 Å². The average molecular weight is 341 g/mol. The molecule has 0 atom stereocenters. The summed E-state index contributed by atoms with van der Waals surface area (Å²) in [5.41, 5.74) is 6.09. The Morgan fingerprint density at radius 1 is 1.14 bits per heavy atom. The van der Waals surface area contributed by atoms with Crippen LogP contribution in [0.5, 0.6) is 0 Å². The fourth-order valence-electron chi connectivity index (χ4n) is 1.42. The lowest BCUT2D eigenvalue weighted by Crippen LogP contribution is -2.43. The SMILES string of the molecule is O=C(NNC(=S)Nc1cccc(Cl)c1)c1ccc(Cl)nc1. The zero-order valence-electron chi connectivity index (χ0n) is 10.6. The van der Waals surface area contributed by atoms with Gasteiger partial charge in [-0.25, -0.2) is 4.98 Å². The van der Waals surface area contributed by atoms with Gasteiger partial charge in [0.05, 0.1) is 5.56 Å². The van der Waals surface area contributed by atoms with E-state index in [2.05, 4.69) is 21.2 Å². The first-order valence-corrected chi connectivity index (χ1v) is 6.95. The molecule has 2 aromatic rings. The summed E-state index contributed by atoms with van der Waals surface area (Å²) >= 11 is 16.6. The van der Waals surface area contributed by atoms with Crippen molar-refractivity contribution >= 4 is 52.1 Å². The number of halogens is 2. The van der Waals surface area contributed by atoms with Crippen LogP contribution in [0.4, 0.5) is 5.69 Å². The summed E-state index contributed by atoms with van der Waals surface area (Å²) in [4.78, 5) is 15.6. The summed E-state index contributed by atoms with van der Waals surface area (Å²) in [6, 6.07) is 10.1. The second kappa shape index (κ2) is 7.21. The van der Waals surface area contributed by atoms with Gasteiger partial charge in [-0.15, -0.1) is 0 Å². The minimum atomic E-state index is -0.380. The number of anilines is 1. The van der Waals surface area contributed by atoms with Crippen LogP contribution in [0.1, 0.15) is 10.4 Å². The fraction of sp³-hybridized carbons (Fsp3) is 0. The third-order valence-electron chi connectivity index (χ3n) is 2.36. The number of nitrogens with one attached hydrogen (secondary N) is 3. The number of nitrogens with zero attached hydrogens (tertiary/aromatic N) is 1. The van der Waals surface area contributed by atoms with Gasteiger partial charge in [0.25, 0.3) is 5.91 Å². The van der Waals surface area contributed by atoms with E-state index in [0.29, 0.717) is 21.4 Å². The Morgan fingerprint density at radius 3 is 2.62 bits per heavy atom. The second-order valence-corrected chi connectivity index (χ2v) is 5.15. The van der Waals surface area contributed by atoms with Crippen LogP contribution in [0, 0.1) is 0 Å². The minimum absolute atomic E-state index is 0.229. The van der Waals surface area contributed by atoms with Crippen LogP contribution in [0.15, 0.2) is 42.6 Å². The Morgan fingerprint density at radius 2 is 1.95 bits per heavy atom. The molecule has 1 aromatic heterocycles. The molecule has 5 nitrogen and oxygen atoms in total. The lowest BCUT2D eigenvalue weighted by atomic mass is 10.3. The Labute approximate surface area is 136 Å². The van der Waals surface area contributed by atoms with Crippen molar-refractivity contribution in [2.75, 3.05) is 5.32 Å². The van der Waals surface area contributed by atoms with Gasteiger partial charge in [0.2, 0.25) is 0 Å². The maximum atomic E-state index is 11.8. The number of amides is 1. The molecule has 3 N–H and O–H groups in total. The predicted octanol–water partition coefficient (Wildman–Crippen LogP) is 3.02. The van der Waals surface area contributed by atoms with Crippen molar-refractivity contribution < 1.29 is 4.79 Å². The van der Waals surface area contributed by atoms with E-state index in [1.54, 1.807) is 30.3 Å². The van der Waals surface area contributed by atoms with E-state index >= 15 is 0 Å². The fourth-order valence-corrected chi connectivity index (χ4v) is 1.90. The van der Waals surface area contributed by atoms with Crippen LogP contribution in [0.2, 0.25) is 10.2 Å². The van der Waals surface area contributed by atoms with Gasteiger partial charge in [0.15, 0.2) is 5.11 Å². The molecule has 0 fully saturated rings. The third-order valence-corrected chi connectivity index (χ3v) is 3.02. The molecule has 0 radical (unpaired) electrons. The highest BCUT2D eigenvalue weighted by atomic mass is 35.5. The highest BCUT2D eigenvalue weighted by Gasteiger charge is 2.06. The molecule has 0 unspecified atom stereocenters. The van der Waals surface area contributed by atoms with Crippen LogP contribution in [0.3, 0.4) is 0 Å². The summed E-state index contributed by atoms with van der Waals surface area (Å²) in [5.74, 6) is -0.380. The first-order valence-electron chi connectivity index (χ1n) is 5.79. The van der Waals surface area contributed by atoms with Crippen molar-refractivity contribution in [3.05, 3.63) is 58.3 Å². The van der Waals surface area contributed by atoms with Crippen molar-refractivity contribution in [2.45, 2.75) is 0 Å². The number of rotatable bonds is 2. The van der Waals surface area contributed by atoms with E-state index in [1.807, 2.05) is 0 Å². The number of thiocarbonyl (C=S) groups is 1. The molecule has 0 aliphatic carbocycles. The van der Waals surface area contributed by atoms with Crippen LogP contribution >= 0.6 is 35.4 Å². The van der Waals surface area contributed by atoms with Crippen molar-refractivity contribution in [1.29, 1.82) is 0 Å². The maximum absolute atomic E-state index is 11.8. The van der Waals surface area contributed by atoms with Gasteiger partial charge in [-0.1, -0.05) is 29.3 Å². The van der Waals surface area contributed by atoms with Crippen molar-refractivity contribution in [3.63, 3.8) is 0 Å².